The van der Waals surface area contributed by atoms with Gasteiger partial charge in [-0.15, -0.1) is 0 Å². The summed E-state index contributed by atoms with van der Waals surface area (Å²) >= 11 is 0. The highest BCUT2D eigenvalue weighted by atomic mass is 16.7. The van der Waals surface area contributed by atoms with Crippen molar-refractivity contribution in [2.75, 3.05) is 27.0 Å². The van der Waals surface area contributed by atoms with Crippen molar-refractivity contribution in [3.05, 3.63) is 51.9 Å². The number of benzene rings is 1. The van der Waals surface area contributed by atoms with E-state index in [-0.39, 0.29) is 29.4 Å². The SMILES string of the molecule is COC1(C)CN(C(=O)c2c(C)ccn(-c3ccc4c(c3)OCO4)c2=O)C1. The van der Waals surface area contributed by atoms with Gasteiger partial charge in [-0.2, -0.15) is 0 Å². The van der Waals surface area contributed by atoms with Gasteiger partial charge in [0.2, 0.25) is 6.79 Å². The number of likely N-dealkylation sites (tertiary alicyclic amines) is 1. The van der Waals surface area contributed by atoms with Gasteiger partial charge in [-0.1, -0.05) is 0 Å². The molecule has 1 aromatic carbocycles. The Bertz CT molecular complexity index is 943. The van der Waals surface area contributed by atoms with E-state index < -0.39 is 0 Å². The fraction of sp³-hybridized carbons (Fsp3) is 0.368. The summed E-state index contributed by atoms with van der Waals surface area (Å²) in [4.78, 5) is 27.5. The molecule has 0 atom stereocenters. The summed E-state index contributed by atoms with van der Waals surface area (Å²) in [6, 6.07) is 7.03. The molecule has 1 amide bonds. The second kappa shape index (κ2) is 5.88. The first-order valence-corrected chi connectivity index (χ1v) is 8.38. The van der Waals surface area contributed by atoms with Crippen molar-refractivity contribution in [3.8, 4) is 17.2 Å². The van der Waals surface area contributed by atoms with E-state index in [1.54, 1.807) is 49.4 Å². The van der Waals surface area contributed by atoms with Crippen molar-refractivity contribution in [1.82, 2.24) is 9.47 Å². The number of methoxy groups -OCH3 is 1. The number of nitrogens with zero attached hydrogens (tertiary/aromatic N) is 2. The van der Waals surface area contributed by atoms with Crippen molar-refractivity contribution in [2.45, 2.75) is 19.4 Å². The molecule has 0 unspecified atom stereocenters. The number of pyridine rings is 1. The lowest BCUT2D eigenvalue weighted by Crippen LogP contribution is -2.63. The van der Waals surface area contributed by atoms with Gasteiger partial charge >= 0.3 is 0 Å². The van der Waals surface area contributed by atoms with E-state index in [4.69, 9.17) is 14.2 Å². The maximum absolute atomic E-state index is 13.0. The second-order valence-electron chi connectivity index (χ2n) is 6.90. The van der Waals surface area contributed by atoms with Gasteiger partial charge in [-0.25, -0.2) is 0 Å². The molecular weight excluding hydrogens is 336 g/mol. The molecule has 4 rings (SSSR count). The molecule has 2 aliphatic rings. The molecule has 2 aromatic rings. The van der Waals surface area contributed by atoms with Gasteiger partial charge in [0, 0.05) is 19.4 Å². The Balaban J connectivity index is 1.70. The summed E-state index contributed by atoms with van der Waals surface area (Å²) in [7, 11) is 1.63. The molecule has 1 saturated heterocycles. The van der Waals surface area contributed by atoms with Crippen LogP contribution in [-0.4, -0.2) is 48.0 Å². The van der Waals surface area contributed by atoms with Gasteiger partial charge in [0.1, 0.15) is 11.2 Å². The van der Waals surface area contributed by atoms with Crippen LogP contribution in [0.2, 0.25) is 0 Å². The average molecular weight is 356 g/mol. The smallest absolute Gasteiger partial charge is 0.268 e. The molecule has 0 N–H and O–H groups in total. The Hall–Kier alpha value is -2.80. The minimum atomic E-state index is -0.347. The molecule has 0 saturated carbocycles. The van der Waals surface area contributed by atoms with Crippen molar-refractivity contribution in [3.63, 3.8) is 0 Å². The fourth-order valence-corrected chi connectivity index (χ4v) is 3.32. The van der Waals surface area contributed by atoms with Gasteiger partial charge in [-0.05, 0) is 37.6 Å². The van der Waals surface area contributed by atoms with Crippen molar-refractivity contribution in [1.29, 1.82) is 0 Å². The maximum Gasteiger partial charge on any atom is 0.268 e. The normalized spacial score (nSPS) is 17.1. The molecule has 136 valence electrons. The van der Waals surface area contributed by atoms with Crippen molar-refractivity contribution >= 4 is 5.91 Å². The number of aryl methyl sites for hydroxylation is 1. The van der Waals surface area contributed by atoms with E-state index in [1.165, 1.54) is 4.57 Å². The minimum absolute atomic E-state index is 0.165. The number of fused-ring (bicyclic) bond motifs is 1. The standard InChI is InChI=1S/C19H20N2O5/c1-12-6-7-21(13-4-5-14-15(8-13)26-11-25-14)18(23)16(12)17(22)20-9-19(2,10-20)24-3/h4-8H,9-11H2,1-3H3. The van der Waals surface area contributed by atoms with E-state index in [9.17, 15) is 9.59 Å². The lowest BCUT2D eigenvalue weighted by molar-refractivity contribution is -0.0948. The highest BCUT2D eigenvalue weighted by molar-refractivity contribution is 5.96. The van der Waals surface area contributed by atoms with Crippen molar-refractivity contribution < 1.29 is 19.0 Å². The summed E-state index contributed by atoms with van der Waals surface area (Å²) in [5.41, 5.74) is 0.777. The highest BCUT2D eigenvalue weighted by Crippen LogP contribution is 2.33. The van der Waals surface area contributed by atoms with Crippen molar-refractivity contribution in [2.24, 2.45) is 0 Å². The van der Waals surface area contributed by atoms with E-state index in [2.05, 4.69) is 0 Å². The van der Waals surface area contributed by atoms with Crippen LogP contribution in [0.15, 0.2) is 35.3 Å². The Morgan fingerprint density at radius 2 is 1.92 bits per heavy atom. The molecule has 26 heavy (non-hydrogen) atoms. The molecule has 0 bridgehead atoms. The second-order valence-corrected chi connectivity index (χ2v) is 6.90. The highest BCUT2D eigenvalue weighted by Gasteiger charge is 2.42. The summed E-state index contributed by atoms with van der Waals surface area (Å²) in [5, 5.41) is 0. The molecule has 2 aliphatic heterocycles. The zero-order chi connectivity index (χ0) is 18.5. The average Bonchev–Trinajstić information content (AvgIpc) is 3.06. The number of hydrogen-bond donors (Lipinski definition) is 0. The third kappa shape index (κ3) is 2.55. The molecular formula is C19H20N2O5. The number of aromatic nitrogens is 1. The Morgan fingerprint density at radius 3 is 2.65 bits per heavy atom. The van der Waals surface area contributed by atoms with Gasteiger partial charge in [0.15, 0.2) is 11.5 Å². The van der Waals surface area contributed by atoms with Crippen LogP contribution in [0.3, 0.4) is 0 Å². The predicted molar refractivity (Wildman–Crippen MR) is 94.2 cm³/mol. The molecule has 3 heterocycles. The monoisotopic (exact) mass is 356 g/mol. The van der Waals surface area contributed by atoms with E-state index in [0.717, 1.165) is 0 Å². The number of ether oxygens (including phenoxy) is 3. The molecule has 7 nitrogen and oxygen atoms in total. The third-order valence-electron chi connectivity index (χ3n) is 4.98. The number of carbonyl (C=O) groups is 1. The first kappa shape index (κ1) is 16.7. The molecule has 7 heteroatoms. The van der Waals surface area contributed by atoms with Crippen LogP contribution in [0.5, 0.6) is 11.5 Å². The molecule has 0 radical (unpaired) electrons. The van der Waals surface area contributed by atoms with E-state index in [0.29, 0.717) is 35.8 Å². The predicted octanol–water partition coefficient (Wildman–Crippen LogP) is 1.74. The lowest BCUT2D eigenvalue weighted by atomic mass is 9.95. The summed E-state index contributed by atoms with van der Waals surface area (Å²) in [5.74, 6) is 0.961. The lowest BCUT2D eigenvalue weighted by Gasteiger charge is -2.46. The number of amides is 1. The molecule has 1 fully saturated rings. The molecule has 0 spiro atoms. The summed E-state index contributed by atoms with van der Waals surface area (Å²) in [6.07, 6.45) is 1.67. The van der Waals surface area contributed by atoms with Gasteiger partial charge in [0.05, 0.1) is 18.8 Å². The fourth-order valence-electron chi connectivity index (χ4n) is 3.32. The zero-order valence-corrected chi connectivity index (χ0v) is 14.9. The Morgan fingerprint density at radius 1 is 1.19 bits per heavy atom. The van der Waals surface area contributed by atoms with E-state index in [1.807, 2.05) is 6.92 Å². The van der Waals surface area contributed by atoms with Gasteiger partial charge < -0.3 is 19.1 Å². The topological polar surface area (TPSA) is 70.0 Å². The van der Waals surface area contributed by atoms with Crippen LogP contribution in [0.4, 0.5) is 0 Å². The Kier molecular flexibility index (Phi) is 3.77. The van der Waals surface area contributed by atoms with Crippen LogP contribution in [0, 0.1) is 6.92 Å². The van der Waals surface area contributed by atoms with Gasteiger partial charge in [0.25, 0.3) is 11.5 Å². The number of rotatable bonds is 3. The van der Waals surface area contributed by atoms with Crippen LogP contribution in [0.1, 0.15) is 22.8 Å². The van der Waals surface area contributed by atoms with Crippen LogP contribution in [-0.2, 0) is 4.74 Å². The Labute approximate surface area is 150 Å². The quantitative estimate of drug-likeness (QED) is 0.838. The minimum Gasteiger partial charge on any atom is -0.454 e. The summed E-state index contributed by atoms with van der Waals surface area (Å²) in [6.45, 7) is 4.83. The first-order chi connectivity index (χ1) is 12.4. The first-order valence-electron chi connectivity index (χ1n) is 8.38. The summed E-state index contributed by atoms with van der Waals surface area (Å²) < 4.78 is 17.5. The molecule has 0 aliphatic carbocycles. The third-order valence-corrected chi connectivity index (χ3v) is 4.98. The maximum atomic E-state index is 13.0. The largest absolute Gasteiger partial charge is 0.454 e. The van der Waals surface area contributed by atoms with Gasteiger partial charge in [-0.3, -0.25) is 14.2 Å². The van der Waals surface area contributed by atoms with Crippen LogP contribution >= 0.6 is 0 Å². The van der Waals surface area contributed by atoms with Crippen LogP contribution in [0.25, 0.3) is 5.69 Å². The molecule has 1 aromatic heterocycles. The number of hydrogen-bond acceptors (Lipinski definition) is 5. The zero-order valence-electron chi connectivity index (χ0n) is 14.9. The number of carbonyl (C=O) groups excluding carboxylic acids is 1. The van der Waals surface area contributed by atoms with Crippen LogP contribution < -0.4 is 15.0 Å². The van der Waals surface area contributed by atoms with E-state index >= 15 is 0 Å².